The van der Waals surface area contributed by atoms with Gasteiger partial charge in [0.15, 0.2) is 0 Å². The molecule has 0 aromatic rings. The summed E-state index contributed by atoms with van der Waals surface area (Å²) in [6, 6.07) is 0.749. The fraction of sp³-hybridized carbons (Fsp3) is 0.923. The molecule has 2 fully saturated rings. The molecule has 18 heavy (non-hydrogen) atoms. The first-order valence-corrected chi connectivity index (χ1v) is 6.98. The van der Waals surface area contributed by atoms with Gasteiger partial charge in [-0.25, -0.2) is 0 Å². The smallest absolute Gasteiger partial charge is 0.236 e. The summed E-state index contributed by atoms with van der Waals surface area (Å²) in [5.74, 6) is 0.311. The number of amides is 1. The lowest BCUT2D eigenvalue weighted by molar-refractivity contribution is -0.135. The van der Waals surface area contributed by atoms with Gasteiger partial charge in [-0.3, -0.25) is 9.69 Å². The van der Waals surface area contributed by atoms with Crippen LogP contribution in [0, 0.1) is 0 Å². The first-order valence-electron chi connectivity index (χ1n) is 6.98. The molecule has 1 unspecified atom stereocenters. The van der Waals surface area contributed by atoms with Crippen LogP contribution in [0.25, 0.3) is 0 Å². The van der Waals surface area contributed by atoms with E-state index in [9.17, 15) is 4.79 Å². The number of rotatable bonds is 3. The Labute approximate surface area is 116 Å². The number of carbonyl (C=O) groups is 1. The molecule has 0 saturated carbocycles. The third-order valence-corrected chi connectivity index (χ3v) is 4.09. The Kier molecular flexibility index (Phi) is 6.39. The van der Waals surface area contributed by atoms with E-state index in [1.807, 2.05) is 0 Å². The molecule has 0 aromatic heterocycles. The number of likely N-dealkylation sites (tertiary alicyclic amines) is 2. The fourth-order valence-electron chi connectivity index (χ4n) is 3.04. The van der Waals surface area contributed by atoms with Gasteiger partial charge in [-0.15, -0.1) is 12.4 Å². The Bertz CT molecular complexity index is 275. The van der Waals surface area contributed by atoms with E-state index in [-0.39, 0.29) is 18.4 Å². The van der Waals surface area contributed by atoms with Crippen molar-refractivity contribution in [3.05, 3.63) is 0 Å². The number of nitrogens with zero attached hydrogens (tertiary/aromatic N) is 2. The molecule has 5 heteroatoms. The Morgan fingerprint density at radius 3 is 2.67 bits per heavy atom. The van der Waals surface area contributed by atoms with Crippen LogP contribution in [-0.2, 0) is 4.79 Å². The van der Waals surface area contributed by atoms with Gasteiger partial charge < -0.3 is 10.6 Å². The molecule has 2 aliphatic heterocycles. The van der Waals surface area contributed by atoms with Crippen molar-refractivity contribution in [2.45, 2.75) is 51.1 Å². The minimum absolute atomic E-state index is 0. The van der Waals surface area contributed by atoms with E-state index in [4.69, 9.17) is 5.73 Å². The zero-order chi connectivity index (χ0) is 12.3. The van der Waals surface area contributed by atoms with Crippen molar-refractivity contribution in [3.63, 3.8) is 0 Å². The van der Waals surface area contributed by atoms with Crippen molar-refractivity contribution in [1.82, 2.24) is 9.80 Å². The van der Waals surface area contributed by atoms with Crippen molar-refractivity contribution < 1.29 is 4.79 Å². The lowest BCUT2D eigenvalue weighted by Gasteiger charge is -2.36. The summed E-state index contributed by atoms with van der Waals surface area (Å²) in [4.78, 5) is 16.6. The average molecular weight is 276 g/mol. The topological polar surface area (TPSA) is 49.6 Å². The minimum atomic E-state index is 0. The van der Waals surface area contributed by atoms with Gasteiger partial charge in [-0.1, -0.05) is 6.92 Å². The van der Waals surface area contributed by atoms with E-state index >= 15 is 0 Å². The number of carbonyl (C=O) groups excluding carboxylic acids is 1. The second-order valence-corrected chi connectivity index (χ2v) is 5.43. The predicted octanol–water partition coefficient (Wildman–Crippen LogP) is 1.23. The third-order valence-electron chi connectivity index (χ3n) is 4.09. The monoisotopic (exact) mass is 275 g/mol. The molecule has 0 aromatic carbocycles. The maximum atomic E-state index is 12.3. The molecule has 106 valence electrons. The van der Waals surface area contributed by atoms with Crippen molar-refractivity contribution in [2.75, 3.05) is 26.2 Å². The molecular formula is C13H26ClN3O. The molecule has 2 rings (SSSR count). The van der Waals surface area contributed by atoms with Crippen molar-refractivity contribution in [3.8, 4) is 0 Å². The van der Waals surface area contributed by atoms with Gasteiger partial charge in [0.1, 0.15) is 0 Å². The minimum Gasteiger partial charge on any atom is -0.339 e. The number of piperidine rings is 1. The Hall–Kier alpha value is -0.320. The fourth-order valence-corrected chi connectivity index (χ4v) is 3.04. The van der Waals surface area contributed by atoms with E-state index in [0.717, 1.165) is 32.5 Å². The molecule has 1 amide bonds. The van der Waals surface area contributed by atoms with Crippen LogP contribution >= 0.6 is 12.4 Å². The van der Waals surface area contributed by atoms with Crippen molar-refractivity contribution in [1.29, 1.82) is 0 Å². The highest BCUT2D eigenvalue weighted by molar-refractivity contribution is 5.85. The highest BCUT2D eigenvalue weighted by Gasteiger charge is 2.28. The largest absolute Gasteiger partial charge is 0.339 e. The molecule has 2 atom stereocenters. The van der Waals surface area contributed by atoms with Crippen LogP contribution in [-0.4, -0.2) is 54.0 Å². The van der Waals surface area contributed by atoms with Gasteiger partial charge in [0.2, 0.25) is 5.91 Å². The number of nitrogens with two attached hydrogens (primary N) is 1. The number of hydrogen-bond donors (Lipinski definition) is 1. The third kappa shape index (κ3) is 3.84. The number of hydrogen-bond acceptors (Lipinski definition) is 3. The van der Waals surface area contributed by atoms with Crippen molar-refractivity contribution >= 4 is 18.3 Å². The molecule has 0 radical (unpaired) electrons. The first-order chi connectivity index (χ1) is 8.20. The molecule has 4 nitrogen and oxygen atoms in total. The van der Waals surface area contributed by atoms with E-state index in [1.165, 1.54) is 19.3 Å². The van der Waals surface area contributed by atoms with Gasteiger partial charge in [0.05, 0.1) is 6.54 Å². The van der Waals surface area contributed by atoms with Gasteiger partial charge in [0.25, 0.3) is 0 Å². The van der Waals surface area contributed by atoms with Crippen LogP contribution in [0.1, 0.15) is 39.0 Å². The van der Waals surface area contributed by atoms with Crippen LogP contribution in [0.3, 0.4) is 0 Å². The molecule has 0 aliphatic carbocycles. The summed E-state index contributed by atoms with van der Waals surface area (Å²) in [6.45, 7) is 5.58. The lowest BCUT2D eigenvalue weighted by atomic mass is 10.00. The lowest BCUT2D eigenvalue weighted by Crippen LogP contribution is -2.47. The van der Waals surface area contributed by atoms with Crippen LogP contribution in [0.5, 0.6) is 0 Å². The summed E-state index contributed by atoms with van der Waals surface area (Å²) < 4.78 is 0. The highest BCUT2D eigenvalue weighted by atomic mass is 35.5. The second-order valence-electron chi connectivity index (χ2n) is 5.43. The predicted molar refractivity (Wildman–Crippen MR) is 75.9 cm³/mol. The molecule has 2 heterocycles. The standard InChI is InChI=1S/C13H25N3O.ClH/c1-2-12-5-3-4-7-16(12)13(17)10-15-8-6-11(14)9-15;/h11-12H,2-10,14H2,1H3;1H/t11-,12?;/m0./s1. The Balaban J connectivity index is 0.00000162. The molecule has 0 spiro atoms. The van der Waals surface area contributed by atoms with Crippen LogP contribution in [0.2, 0.25) is 0 Å². The summed E-state index contributed by atoms with van der Waals surface area (Å²) >= 11 is 0. The summed E-state index contributed by atoms with van der Waals surface area (Å²) in [6.07, 6.45) is 5.75. The maximum absolute atomic E-state index is 12.3. The SMILES string of the molecule is CCC1CCCCN1C(=O)CN1CC[C@H](N)C1.Cl. The van der Waals surface area contributed by atoms with Crippen molar-refractivity contribution in [2.24, 2.45) is 5.73 Å². The van der Waals surface area contributed by atoms with E-state index in [0.29, 0.717) is 18.5 Å². The van der Waals surface area contributed by atoms with E-state index in [1.54, 1.807) is 0 Å². The van der Waals surface area contributed by atoms with Gasteiger partial charge >= 0.3 is 0 Å². The van der Waals surface area contributed by atoms with Crippen LogP contribution in [0.4, 0.5) is 0 Å². The molecule has 0 bridgehead atoms. The Morgan fingerprint density at radius 1 is 1.28 bits per heavy atom. The quantitative estimate of drug-likeness (QED) is 0.843. The van der Waals surface area contributed by atoms with Gasteiger partial charge in [0, 0.05) is 31.7 Å². The zero-order valence-electron chi connectivity index (χ0n) is 11.3. The maximum Gasteiger partial charge on any atom is 0.236 e. The summed E-state index contributed by atoms with van der Waals surface area (Å²) in [5, 5.41) is 0. The summed E-state index contributed by atoms with van der Waals surface area (Å²) in [5.41, 5.74) is 5.87. The molecular weight excluding hydrogens is 250 g/mol. The number of halogens is 1. The van der Waals surface area contributed by atoms with Gasteiger partial charge in [-0.05, 0) is 32.1 Å². The zero-order valence-corrected chi connectivity index (χ0v) is 12.1. The second kappa shape index (κ2) is 7.31. The van der Waals surface area contributed by atoms with Crippen LogP contribution < -0.4 is 5.73 Å². The van der Waals surface area contributed by atoms with Crippen LogP contribution in [0.15, 0.2) is 0 Å². The van der Waals surface area contributed by atoms with E-state index in [2.05, 4.69) is 16.7 Å². The average Bonchev–Trinajstić information content (AvgIpc) is 2.74. The molecule has 2 aliphatic rings. The molecule has 2 saturated heterocycles. The highest BCUT2D eigenvalue weighted by Crippen LogP contribution is 2.20. The Morgan fingerprint density at radius 2 is 2.06 bits per heavy atom. The molecule has 2 N–H and O–H groups in total. The summed E-state index contributed by atoms with van der Waals surface area (Å²) in [7, 11) is 0. The van der Waals surface area contributed by atoms with Gasteiger partial charge in [-0.2, -0.15) is 0 Å². The first kappa shape index (κ1) is 15.7. The normalized spacial score (nSPS) is 29.1. The van der Waals surface area contributed by atoms with E-state index < -0.39 is 0 Å².